The van der Waals surface area contributed by atoms with Crippen LogP contribution >= 0.6 is 0 Å². The van der Waals surface area contributed by atoms with Crippen molar-refractivity contribution in [1.29, 1.82) is 0 Å². The van der Waals surface area contributed by atoms with E-state index in [1.165, 1.54) is 6.07 Å². The Labute approximate surface area is 159 Å². The molecule has 2 N–H and O–H groups in total. The molecule has 0 aliphatic carbocycles. The quantitative estimate of drug-likeness (QED) is 0.656. The summed E-state index contributed by atoms with van der Waals surface area (Å²) in [5.41, 5.74) is -2.65. The van der Waals surface area contributed by atoms with Gasteiger partial charge in [0, 0.05) is 0 Å². The van der Waals surface area contributed by atoms with Crippen molar-refractivity contribution in [2.75, 3.05) is 0 Å². The van der Waals surface area contributed by atoms with E-state index in [1.54, 1.807) is 0 Å². The van der Waals surface area contributed by atoms with Gasteiger partial charge in [0.05, 0.1) is 28.9 Å². The summed E-state index contributed by atoms with van der Waals surface area (Å²) >= 11 is 0. The Balaban J connectivity index is 1.99. The van der Waals surface area contributed by atoms with Crippen molar-refractivity contribution in [3.8, 4) is 17.4 Å². The molecule has 2 bridgehead atoms. The SMILES string of the molecule is [C-]#[N+]c1ccc(-n2c(O)c3c(c2O)C2(C)OC3(C)[C@H](C)[C@@H]2C)cc1C(F)(F)F. The Morgan fingerprint density at radius 1 is 1.07 bits per heavy atom. The van der Waals surface area contributed by atoms with E-state index in [4.69, 9.17) is 11.3 Å². The van der Waals surface area contributed by atoms with E-state index in [1.807, 2.05) is 27.7 Å². The minimum atomic E-state index is -4.74. The highest BCUT2D eigenvalue weighted by atomic mass is 19.4. The maximum absolute atomic E-state index is 13.4. The molecule has 3 heterocycles. The number of hydrogen-bond donors (Lipinski definition) is 2. The fraction of sp³-hybridized carbons (Fsp3) is 0.450. The van der Waals surface area contributed by atoms with Gasteiger partial charge >= 0.3 is 6.18 Å². The molecular formula is C20H19F3N2O3. The number of alkyl halides is 3. The molecule has 2 aliphatic rings. The van der Waals surface area contributed by atoms with Gasteiger partial charge in [0.15, 0.2) is 5.69 Å². The zero-order valence-electron chi connectivity index (χ0n) is 15.7. The van der Waals surface area contributed by atoms with E-state index >= 15 is 0 Å². The van der Waals surface area contributed by atoms with Crippen LogP contribution in [0.4, 0.5) is 18.9 Å². The van der Waals surface area contributed by atoms with E-state index in [0.29, 0.717) is 11.1 Å². The van der Waals surface area contributed by atoms with Crippen molar-refractivity contribution >= 4 is 5.69 Å². The topological polar surface area (TPSA) is 59.0 Å². The monoisotopic (exact) mass is 392 g/mol. The number of rotatable bonds is 1. The predicted octanol–water partition coefficient (Wildman–Crippen LogP) is 5.20. The Morgan fingerprint density at radius 3 is 2.00 bits per heavy atom. The van der Waals surface area contributed by atoms with Gasteiger partial charge in [-0.25, -0.2) is 4.85 Å². The van der Waals surface area contributed by atoms with Gasteiger partial charge in [-0.2, -0.15) is 13.2 Å². The molecule has 0 amide bonds. The van der Waals surface area contributed by atoms with Gasteiger partial charge in [0.25, 0.3) is 0 Å². The lowest BCUT2D eigenvalue weighted by Crippen LogP contribution is -2.32. The van der Waals surface area contributed by atoms with E-state index in [2.05, 4.69) is 4.85 Å². The third-order valence-electron chi connectivity index (χ3n) is 6.69. The summed E-state index contributed by atoms with van der Waals surface area (Å²) in [4.78, 5) is 2.92. The number of halogens is 3. The van der Waals surface area contributed by atoms with Crippen LogP contribution in [0.5, 0.6) is 11.8 Å². The lowest BCUT2D eigenvalue weighted by atomic mass is 9.67. The van der Waals surface area contributed by atoms with Gasteiger partial charge in [0.1, 0.15) is 11.2 Å². The first-order valence-electron chi connectivity index (χ1n) is 8.84. The van der Waals surface area contributed by atoms with Gasteiger partial charge in [0.2, 0.25) is 11.8 Å². The van der Waals surface area contributed by atoms with Crippen LogP contribution in [0, 0.1) is 18.4 Å². The standard InChI is InChI=1S/C20H19F3N2O3/c1-9-10(2)19(4)15-14(18(9,3)28-19)16(26)25(17(15)27)11-6-7-13(24-5)12(8-11)20(21,22)23/h6-10,26-27H,1-4H3/t9-,10+,18?,19?. The molecule has 2 aliphatic heterocycles. The van der Waals surface area contributed by atoms with Gasteiger partial charge in [-0.3, -0.25) is 4.57 Å². The Kier molecular flexibility index (Phi) is 3.49. The van der Waals surface area contributed by atoms with Gasteiger partial charge in [-0.1, -0.05) is 19.9 Å². The van der Waals surface area contributed by atoms with E-state index < -0.39 is 28.6 Å². The number of ether oxygens (including phenoxy) is 1. The second kappa shape index (κ2) is 5.23. The minimum absolute atomic E-state index is 0.0291. The molecule has 4 atom stereocenters. The van der Waals surface area contributed by atoms with Crippen LogP contribution < -0.4 is 0 Å². The normalized spacial score (nSPS) is 31.1. The molecule has 148 valence electrons. The van der Waals surface area contributed by atoms with Crippen LogP contribution in [0.3, 0.4) is 0 Å². The van der Waals surface area contributed by atoms with Crippen molar-refractivity contribution in [2.24, 2.45) is 11.8 Å². The summed E-state index contributed by atoms with van der Waals surface area (Å²) in [7, 11) is 0. The summed E-state index contributed by atoms with van der Waals surface area (Å²) in [6.45, 7) is 14.6. The smallest absolute Gasteiger partial charge is 0.407 e. The average Bonchev–Trinajstić information content (AvgIpc) is 3.10. The molecule has 1 aromatic carbocycles. The number of nitrogens with zero attached hydrogens (tertiary/aromatic N) is 2. The van der Waals surface area contributed by atoms with Crippen LogP contribution in [0.15, 0.2) is 18.2 Å². The highest BCUT2D eigenvalue weighted by Gasteiger charge is 2.66. The van der Waals surface area contributed by atoms with E-state index in [9.17, 15) is 23.4 Å². The average molecular weight is 392 g/mol. The van der Waals surface area contributed by atoms with Crippen molar-refractivity contribution in [2.45, 2.75) is 45.1 Å². The molecule has 0 saturated carbocycles. The van der Waals surface area contributed by atoms with Gasteiger partial charge in [-0.15, -0.1) is 0 Å². The first-order valence-corrected chi connectivity index (χ1v) is 8.84. The molecule has 28 heavy (non-hydrogen) atoms. The first-order chi connectivity index (χ1) is 12.9. The second-order valence-electron chi connectivity index (χ2n) is 7.94. The summed E-state index contributed by atoms with van der Waals surface area (Å²) < 4.78 is 47.3. The number of aromatic nitrogens is 1. The van der Waals surface area contributed by atoms with Crippen LogP contribution in [0.25, 0.3) is 10.5 Å². The van der Waals surface area contributed by atoms with Crippen LogP contribution in [0.1, 0.15) is 44.4 Å². The van der Waals surface area contributed by atoms with Crippen molar-refractivity contribution in [1.82, 2.24) is 4.57 Å². The van der Waals surface area contributed by atoms with Crippen LogP contribution in [-0.2, 0) is 22.1 Å². The van der Waals surface area contributed by atoms with Crippen molar-refractivity contribution in [3.63, 3.8) is 0 Å². The third-order valence-corrected chi connectivity index (χ3v) is 6.69. The maximum Gasteiger partial charge on any atom is 0.407 e. The highest BCUT2D eigenvalue weighted by Crippen LogP contribution is 2.68. The third kappa shape index (κ3) is 2.00. The zero-order valence-corrected chi connectivity index (χ0v) is 15.7. The van der Waals surface area contributed by atoms with Gasteiger partial charge in [-0.05, 0) is 37.8 Å². The van der Waals surface area contributed by atoms with Gasteiger partial charge < -0.3 is 14.9 Å². The molecule has 2 unspecified atom stereocenters. The molecule has 0 spiro atoms. The maximum atomic E-state index is 13.4. The lowest BCUT2D eigenvalue weighted by molar-refractivity contribution is -0.136. The summed E-state index contributed by atoms with van der Waals surface area (Å²) in [6.07, 6.45) is -4.74. The highest BCUT2D eigenvalue weighted by molar-refractivity contribution is 5.64. The molecule has 0 radical (unpaired) electrons. The predicted molar refractivity (Wildman–Crippen MR) is 94.5 cm³/mol. The second-order valence-corrected chi connectivity index (χ2v) is 7.94. The van der Waals surface area contributed by atoms with Crippen molar-refractivity contribution < 1.29 is 28.1 Å². The molecule has 1 aromatic heterocycles. The van der Waals surface area contributed by atoms with Crippen LogP contribution in [-0.4, -0.2) is 14.8 Å². The van der Waals surface area contributed by atoms with Crippen LogP contribution in [0.2, 0.25) is 0 Å². The Hall–Kier alpha value is -2.66. The Bertz CT molecular complexity index is 1010. The van der Waals surface area contributed by atoms with E-state index in [0.717, 1.165) is 16.7 Å². The first kappa shape index (κ1) is 18.7. The molecule has 1 fully saturated rings. The Morgan fingerprint density at radius 2 is 1.57 bits per heavy atom. The molecule has 8 heteroatoms. The summed E-state index contributed by atoms with van der Waals surface area (Å²) in [6, 6.07) is 3.08. The molecule has 4 rings (SSSR count). The molecule has 2 aromatic rings. The van der Waals surface area contributed by atoms with E-state index in [-0.39, 0.29) is 29.3 Å². The summed E-state index contributed by atoms with van der Waals surface area (Å²) in [5, 5.41) is 21.8. The summed E-state index contributed by atoms with van der Waals surface area (Å²) in [5.74, 6) is -0.634. The number of aromatic hydroxyl groups is 2. The number of hydrogen-bond acceptors (Lipinski definition) is 3. The minimum Gasteiger partial charge on any atom is -0.494 e. The molecule has 5 nitrogen and oxygen atoms in total. The lowest BCUT2D eigenvalue weighted by Gasteiger charge is -2.31. The number of fused-ring (bicyclic) bond motifs is 5. The van der Waals surface area contributed by atoms with Crippen molar-refractivity contribution in [3.05, 3.63) is 46.3 Å². The largest absolute Gasteiger partial charge is 0.494 e. The molecular weight excluding hydrogens is 373 g/mol. The fourth-order valence-corrected chi connectivity index (χ4v) is 4.86. The molecule has 1 saturated heterocycles. The fourth-order valence-electron chi connectivity index (χ4n) is 4.86. The number of benzene rings is 1. The zero-order chi connectivity index (χ0) is 20.8.